The van der Waals surface area contributed by atoms with Gasteiger partial charge in [0.25, 0.3) is 5.91 Å². The molecular weight excluding hydrogens is 302 g/mol. The molecule has 1 fully saturated rings. The molecule has 0 aliphatic heterocycles. The zero-order valence-corrected chi connectivity index (χ0v) is 14.6. The number of nitrogens with zero attached hydrogens (tertiary/aromatic N) is 4. The number of hydrazone groups is 1. The fourth-order valence-electron chi connectivity index (χ4n) is 3.28. The van der Waals surface area contributed by atoms with Gasteiger partial charge in [0.05, 0.1) is 5.52 Å². The monoisotopic (exact) mass is 327 g/mol. The lowest BCUT2D eigenvalue weighted by Crippen LogP contribution is -2.29. The zero-order chi connectivity index (χ0) is 17.2. The van der Waals surface area contributed by atoms with Gasteiger partial charge in [-0.25, -0.2) is 10.1 Å². The summed E-state index contributed by atoms with van der Waals surface area (Å²) in [7, 11) is 0. The maximum atomic E-state index is 12.1. The summed E-state index contributed by atoms with van der Waals surface area (Å²) in [5.41, 5.74) is 5.75. The summed E-state index contributed by atoms with van der Waals surface area (Å²) in [6.45, 7) is 7.01. The first kappa shape index (κ1) is 16.6. The van der Waals surface area contributed by atoms with Crippen LogP contribution in [0.15, 0.2) is 29.4 Å². The third kappa shape index (κ3) is 3.80. The van der Waals surface area contributed by atoms with Crippen molar-refractivity contribution in [2.75, 3.05) is 0 Å². The second kappa shape index (κ2) is 6.71. The van der Waals surface area contributed by atoms with Crippen molar-refractivity contribution >= 4 is 22.7 Å². The zero-order valence-electron chi connectivity index (χ0n) is 14.6. The molecule has 1 aromatic heterocycles. The number of carbonyl (C=O) groups excluding carboxylic acids is 1. The number of benzene rings is 1. The first-order valence-corrected chi connectivity index (χ1v) is 8.56. The van der Waals surface area contributed by atoms with E-state index in [1.165, 1.54) is 0 Å². The van der Waals surface area contributed by atoms with Crippen molar-refractivity contribution in [3.63, 3.8) is 0 Å². The fraction of sp³-hybridized carbons (Fsp3) is 0.556. The highest BCUT2D eigenvalue weighted by molar-refractivity contribution is 5.87. The van der Waals surface area contributed by atoms with Crippen molar-refractivity contribution in [1.29, 1.82) is 0 Å². The summed E-state index contributed by atoms with van der Waals surface area (Å²) >= 11 is 0. The van der Waals surface area contributed by atoms with Crippen molar-refractivity contribution in [2.45, 2.75) is 53.0 Å². The van der Waals surface area contributed by atoms with Crippen molar-refractivity contribution < 1.29 is 4.79 Å². The standard InChI is InChI=1S/C18H25N5O/c1-18(2,3)13-8-10-14(11-9-13)19-21-17(24)12-23-16-7-5-4-6-15(16)20-22-23/h4-7,13H,8-12H2,1-3H3,(H,21,24). The SMILES string of the molecule is CC(C)(C)C1CCC(=NNC(=O)Cn2nnc3ccccc32)CC1. The molecule has 1 saturated carbocycles. The van der Waals surface area contributed by atoms with Crippen LogP contribution in [0.25, 0.3) is 11.0 Å². The number of para-hydroxylation sites is 1. The number of aromatic nitrogens is 3. The lowest BCUT2D eigenvalue weighted by Gasteiger charge is -2.34. The van der Waals surface area contributed by atoms with E-state index in [0.29, 0.717) is 5.41 Å². The Morgan fingerprint density at radius 1 is 1.29 bits per heavy atom. The molecule has 128 valence electrons. The summed E-state index contributed by atoms with van der Waals surface area (Å²) in [6.07, 6.45) is 4.22. The minimum Gasteiger partial charge on any atom is -0.271 e. The third-order valence-corrected chi connectivity index (χ3v) is 4.84. The quantitative estimate of drug-likeness (QED) is 0.880. The maximum absolute atomic E-state index is 12.1. The molecule has 1 N–H and O–H groups in total. The van der Waals surface area contributed by atoms with Gasteiger partial charge in [0.1, 0.15) is 12.1 Å². The van der Waals surface area contributed by atoms with Gasteiger partial charge >= 0.3 is 0 Å². The van der Waals surface area contributed by atoms with E-state index in [1.807, 2.05) is 24.3 Å². The van der Waals surface area contributed by atoms with Crippen molar-refractivity contribution in [2.24, 2.45) is 16.4 Å². The van der Waals surface area contributed by atoms with E-state index >= 15 is 0 Å². The lowest BCUT2D eigenvalue weighted by atomic mass is 9.72. The van der Waals surface area contributed by atoms with Crippen LogP contribution in [0.5, 0.6) is 0 Å². The number of rotatable bonds is 3. The molecule has 6 heteroatoms. The van der Waals surface area contributed by atoms with Crippen LogP contribution in [0, 0.1) is 11.3 Å². The van der Waals surface area contributed by atoms with E-state index in [9.17, 15) is 4.79 Å². The molecule has 0 radical (unpaired) electrons. The van der Waals surface area contributed by atoms with Gasteiger partial charge in [-0.2, -0.15) is 5.10 Å². The van der Waals surface area contributed by atoms with Crippen LogP contribution in [-0.2, 0) is 11.3 Å². The van der Waals surface area contributed by atoms with Crippen molar-refractivity contribution in [1.82, 2.24) is 20.4 Å². The topological polar surface area (TPSA) is 72.2 Å². The van der Waals surface area contributed by atoms with Crippen molar-refractivity contribution in [3.05, 3.63) is 24.3 Å². The Balaban J connectivity index is 1.55. The molecule has 0 unspecified atom stereocenters. The molecule has 0 spiro atoms. The van der Waals surface area contributed by atoms with Crippen LogP contribution in [0.4, 0.5) is 0 Å². The van der Waals surface area contributed by atoms with Gasteiger partial charge in [-0.15, -0.1) is 5.10 Å². The van der Waals surface area contributed by atoms with Crippen molar-refractivity contribution in [3.8, 4) is 0 Å². The first-order chi connectivity index (χ1) is 11.4. The predicted octanol–water partition coefficient (Wildman–Crippen LogP) is 3.14. The van der Waals surface area contributed by atoms with Gasteiger partial charge in [0.15, 0.2) is 0 Å². The Kier molecular flexibility index (Phi) is 4.64. The van der Waals surface area contributed by atoms with E-state index in [2.05, 4.69) is 41.6 Å². The Morgan fingerprint density at radius 2 is 2.00 bits per heavy atom. The average molecular weight is 327 g/mol. The summed E-state index contributed by atoms with van der Waals surface area (Å²) in [6, 6.07) is 7.60. The van der Waals surface area contributed by atoms with Crippen LogP contribution in [-0.4, -0.2) is 26.6 Å². The van der Waals surface area contributed by atoms with Crippen LogP contribution in [0.1, 0.15) is 46.5 Å². The minimum absolute atomic E-state index is 0.127. The molecular formula is C18H25N5O. The summed E-state index contributed by atoms with van der Waals surface area (Å²) in [5.74, 6) is 0.560. The van der Waals surface area contributed by atoms with E-state index < -0.39 is 0 Å². The van der Waals surface area contributed by atoms with E-state index in [-0.39, 0.29) is 12.5 Å². The Labute approximate surface area is 142 Å². The Bertz CT molecular complexity index is 746. The normalized spacial score (nSPS) is 18.6. The van der Waals surface area contributed by atoms with E-state index in [1.54, 1.807) is 4.68 Å². The van der Waals surface area contributed by atoms with Crippen LogP contribution >= 0.6 is 0 Å². The molecule has 0 bridgehead atoms. The number of nitrogens with one attached hydrogen (secondary N) is 1. The number of hydrogen-bond donors (Lipinski definition) is 1. The molecule has 6 nitrogen and oxygen atoms in total. The van der Waals surface area contributed by atoms with Crippen LogP contribution in [0.2, 0.25) is 0 Å². The van der Waals surface area contributed by atoms with E-state index in [4.69, 9.17) is 0 Å². The summed E-state index contributed by atoms with van der Waals surface area (Å²) < 4.78 is 1.60. The van der Waals surface area contributed by atoms with Gasteiger partial charge < -0.3 is 0 Å². The maximum Gasteiger partial charge on any atom is 0.261 e. The molecule has 0 saturated heterocycles. The van der Waals surface area contributed by atoms with Crippen LogP contribution < -0.4 is 5.43 Å². The Hall–Kier alpha value is -2.24. The minimum atomic E-state index is -0.170. The number of amides is 1. The lowest BCUT2D eigenvalue weighted by molar-refractivity contribution is -0.121. The van der Waals surface area contributed by atoms with Gasteiger partial charge in [-0.1, -0.05) is 38.1 Å². The molecule has 1 aliphatic rings. The second-order valence-electron chi connectivity index (χ2n) is 7.59. The average Bonchev–Trinajstić information content (AvgIpc) is 2.96. The number of carbonyl (C=O) groups is 1. The van der Waals surface area contributed by atoms with Gasteiger partial charge in [-0.3, -0.25) is 4.79 Å². The summed E-state index contributed by atoms with van der Waals surface area (Å²) in [5, 5.41) is 12.4. The molecule has 24 heavy (non-hydrogen) atoms. The predicted molar refractivity (Wildman–Crippen MR) is 94.5 cm³/mol. The third-order valence-electron chi connectivity index (χ3n) is 4.84. The van der Waals surface area contributed by atoms with E-state index in [0.717, 1.165) is 48.3 Å². The smallest absolute Gasteiger partial charge is 0.261 e. The highest BCUT2D eigenvalue weighted by Gasteiger charge is 2.28. The van der Waals surface area contributed by atoms with Gasteiger partial charge in [0, 0.05) is 5.71 Å². The number of hydrogen-bond acceptors (Lipinski definition) is 4. The largest absolute Gasteiger partial charge is 0.271 e. The fourth-order valence-corrected chi connectivity index (χ4v) is 3.28. The molecule has 0 atom stereocenters. The van der Waals surface area contributed by atoms with Crippen LogP contribution in [0.3, 0.4) is 0 Å². The second-order valence-corrected chi connectivity index (χ2v) is 7.59. The molecule has 3 rings (SSSR count). The molecule has 1 aromatic carbocycles. The molecule has 1 heterocycles. The number of fused-ring (bicyclic) bond motifs is 1. The Morgan fingerprint density at radius 3 is 2.71 bits per heavy atom. The highest BCUT2D eigenvalue weighted by Crippen LogP contribution is 2.36. The first-order valence-electron chi connectivity index (χ1n) is 8.56. The molecule has 2 aromatic rings. The highest BCUT2D eigenvalue weighted by atomic mass is 16.2. The molecule has 1 amide bonds. The van der Waals surface area contributed by atoms with Gasteiger partial charge in [-0.05, 0) is 49.1 Å². The molecule has 1 aliphatic carbocycles. The summed E-state index contributed by atoms with van der Waals surface area (Å²) in [4.78, 5) is 12.1. The van der Waals surface area contributed by atoms with Gasteiger partial charge in [0.2, 0.25) is 0 Å².